The van der Waals surface area contributed by atoms with Crippen molar-refractivity contribution in [3.8, 4) is 11.3 Å². The predicted molar refractivity (Wildman–Crippen MR) is 79.4 cm³/mol. The number of hydrogen-bond donors (Lipinski definition) is 1. The zero-order valence-electron chi connectivity index (χ0n) is 11.1. The molecule has 0 unspecified atom stereocenters. The van der Waals surface area contributed by atoms with Crippen LogP contribution in [0.3, 0.4) is 0 Å². The van der Waals surface area contributed by atoms with Crippen molar-refractivity contribution in [2.75, 3.05) is 5.73 Å². The third kappa shape index (κ3) is 2.66. The van der Waals surface area contributed by atoms with Gasteiger partial charge in [-0.25, -0.2) is 9.37 Å². The summed E-state index contributed by atoms with van der Waals surface area (Å²) in [7, 11) is 0. The van der Waals surface area contributed by atoms with Gasteiger partial charge in [-0.1, -0.05) is 6.92 Å². The van der Waals surface area contributed by atoms with E-state index in [4.69, 9.17) is 5.73 Å². The van der Waals surface area contributed by atoms with Crippen molar-refractivity contribution in [3.63, 3.8) is 0 Å². The fourth-order valence-corrected chi connectivity index (χ4v) is 2.70. The van der Waals surface area contributed by atoms with Crippen LogP contribution in [0.2, 0.25) is 0 Å². The maximum absolute atomic E-state index is 13.1. The van der Waals surface area contributed by atoms with Gasteiger partial charge in [-0.3, -0.25) is 0 Å². The fraction of sp³-hybridized carbons (Fsp3) is 0.357. The maximum atomic E-state index is 13.1. The molecule has 2 N–H and O–H groups in total. The summed E-state index contributed by atoms with van der Waals surface area (Å²) in [6.07, 6.45) is 1.90. The first-order valence-electron chi connectivity index (χ1n) is 6.38. The van der Waals surface area contributed by atoms with E-state index in [1.54, 1.807) is 6.07 Å². The average Bonchev–Trinajstić information content (AvgIpc) is 2.66. The van der Waals surface area contributed by atoms with E-state index in [0.29, 0.717) is 10.3 Å². The van der Waals surface area contributed by atoms with Crippen LogP contribution in [0, 0.1) is 5.82 Å². The first-order valence-corrected chi connectivity index (χ1v) is 7.18. The molecule has 0 aliphatic carbocycles. The van der Waals surface area contributed by atoms with Crippen LogP contribution < -0.4 is 5.73 Å². The number of nitrogen functional groups attached to an aromatic ring is 1. The van der Waals surface area contributed by atoms with E-state index in [0.717, 1.165) is 36.5 Å². The van der Waals surface area contributed by atoms with Gasteiger partial charge in [0.05, 0.1) is 0 Å². The smallest absolute Gasteiger partial charge is 0.131 e. The Balaban J connectivity index is 2.56. The van der Waals surface area contributed by atoms with E-state index in [1.807, 2.05) is 11.5 Å². The summed E-state index contributed by atoms with van der Waals surface area (Å²) >= 11 is 3.37. The van der Waals surface area contributed by atoms with Crippen LogP contribution in [0.5, 0.6) is 0 Å². The summed E-state index contributed by atoms with van der Waals surface area (Å²) in [5, 5.41) is 0. The Morgan fingerprint density at radius 2 is 2.11 bits per heavy atom. The molecule has 1 heterocycles. The molecular formula is C14H17BrFN3. The van der Waals surface area contributed by atoms with Crippen LogP contribution in [-0.2, 0) is 13.0 Å². The van der Waals surface area contributed by atoms with Gasteiger partial charge in [0.25, 0.3) is 0 Å². The number of halogens is 2. The van der Waals surface area contributed by atoms with Gasteiger partial charge in [0.15, 0.2) is 0 Å². The van der Waals surface area contributed by atoms with Crippen molar-refractivity contribution < 1.29 is 4.39 Å². The molecule has 102 valence electrons. The second-order valence-corrected chi connectivity index (χ2v) is 5.23. The highest BCUT2D eigenvalue weighted by molar-refractivity contribution is 9.10. The second-order valence-electron chi connectivity index (χ2n) is 4.38. The van der Waals surface area contributed by atoms with E-state index in [1.165, 1.54) is 12.1 Å². The Morgan fingerprint density at radius 3 is 2.68 bits per heavy atom. The van der Waals surface area contributed by atoms with Crippen molar-refractivity contribution in [3.05, 3.63) is 34.3 Å². The molecule has 0 amide bonds. The van der Waals surface area contributed by atoms with Crippen molar-refractivity contribution in [2.45, 2.75) is 33.2 Å². The van der Waals surface area contributed by atoms with Crippen molar-refractivity contribution >= 4 is 21.7 Å². The lowest BCUT2D eigenvalue weighted by atomic mass is 10.1. The molecule has 0 atom stereocenters. The van der Waals surface area contributed by atoms with Crippen LogP contribution in [0.25, 0.3) is 11.3 Å². The van der Waals surface area contributed by atoms with Crippen LogP contribution >= 0.6 is 15.9 Å². The van der Waals surface area contributed by atoms with Crippen LogP contribution in [-0.4, -0.2) is 9.55 Å². The molecule has 3 nitrogen and oxygen atoms in total. The largest absolute Gasteiger partial charge is 0.383 e. The van der Waals surface area contributed by atoms with E-state index < -0.39 is 0 Å². The summed E-state index contributed by atoms with van der Waals surface area (Å²) in [5.41, 5.74) is 7.71. The molecule has 0 radical (unpaired) electrons. The highest BCUT2D eigenvalue weighted by Crippen LogP contribution is 2.33. The molecule has 1 aromatic carbocycles. The Labute approximate surface area is 120 Å². The van der Waals surface area contributed by atoms with Gasteiger partial charge in [-0.15, -0.1) is 0 Å². The maximum Gasteiger partial charge on any atom is 0.131 e. The first kappa shape index (κ1) is 14.1. The summed E-state index contributed by atoms with van der Waals surface area (Å²) in [4.78, 5) is 4.62. The molecule has 2 rings (SSSR count). The van der Waals surface area contributed by atoms with Crippen LogP contribution in [0.4, 0.5) is 10.2 Å². The molecule has 0 spiro atoms. The normalized spacial score (nSPS) is 10.9. The summed E-state index contributed by atoms with van der Waals surface area (Å²) in [5.74, 6) is 1.34. The SMILES string of the molecule is CCCc1nc(-c2ccc(F)cc2Br)c(N)n1CC. The van der Waals surface area contributed by atoms with E-state index in [9.17, 15) is 4.39 Å². The number of imidazole rings is 1. The standard InChI is InChI=1S/C14H17BrFN3/c1-3-5-12-18-13(14(17)19(12)4-2)10-7-6-9(16)8-11(10)15/h6-8H,3-5,17H2,1-2H3. The van der Waals surface area contributed by atoms with E-state index in [-0.39, 0.29) is 5.82 Å². The molecule has 0 bridgehead atoms. The van der Waals surface area contributed by atoms with Crippen molar-refractivity contribution in [2.24, 2.45) is 0 Å². The molecule has 0 fully saturated rings. The molecule has 0 saturated carbocycles. The third-order valence-electron chi connectivity index (χ3n) is 3.06. The van der Waals surface area contributed by atoms with Gasteiger partial charge >= 0.3 is 0 Å². The number of hydrogen-bond acceptors (Lipinski definition) is 2. The third-order valence-corrected chi connectivity index (χ3v) is 3.72. The van der Waals surface area contributed by atoms with Crippen molar-refractivity contribution in [1.82, 2.24) is 9.55 Å². The van der Waals surface area contributed by atoms with Gasteiger partial charge < -0.3 is 10.3 Å². The number of benzene rings is 1. The average molecular weight is 326 g/mol. The number of nitrogens with zero attached hydrogens (tertiary/aromatic N) is 2. The Hall–Kier alpha value is -1.36. The predicted octanol–water partition coefficient (Wildman–Crippen LogP) is 4.01. The van der Waals surface area contributed by atoms with Crippen molar-refractivity contribution in [1.29, 1.82) is 0 Å². The summed E-state index contributed by atoms with van der Waals surface area (Å²) in [6, 6.07) is 4.55. The van der Waals surface area contributed by atoms with Gasteiger partial charge in [-0.2, -0.15) is 0 Å². The summed E-state index contributed by atoms with van der Waals surface area (Å²) in [6.45, 7) is 4.94. The molecule has 0 aliphatic rings. The highest BCUT2D eigenvalue weighted by atomic mass is 79.9. The van der Waals surface area contributed by atoms with Crippen LogP contribution in [0.1, 0.15) is 26.1 Å². The lowest BCUT2D eigenvalue weighted by molar-refractivity contribution is 0.627. The zero-order valence-corrected chi connectivity index (χ0v) is 12.7. The monoisotopic (exact) mass is 325 g/mol. The van der Waals surface area contributed by atoms with E-state index >= 15 is 0 Å². The minimum atomic E-state index is -0.280. The van der Waals surface area contributed by atoms with Gasteiger partial charge in [0.2, 0.25) is 0 Å². The van der Waals surface area contributed by atoms with Gasteiger partial charge in [0, 0.05) is 23.0 Å². The van der Waals surface area contributed by atoms with E-state index in [2.05, 4.69) is 27.8 Å². The molecule has 0 saturated heterocycles. The Bertz CT molecular complexity index is 593. The number of aromatic nitrogens is 2. The number of aryl methyl sites for hydroxylation is 1. The second kappa shape index (κ2) is 5.74. The quantitative estimate of drug-likeness (QED) is 0.923. The molecule has 0 aliphatic heterocycles. The molecule has 1 aromatic heterocycles. The number of anilines is 1. The molecular weight excluding hydrogens is 309 g/mol. The lowest BCUT2D eigenvalue weighted by Gasteiger charge is -2.06. The van der Waals surface area contributed by atoms with Gasteiger partial charge in [-0.05, 0) is 47.5 Å². The topological polar surface area (TPSA) is 43.8 Å². The van der Waals surface area contributed by atoms with Crippen LogP contribution in [0.15, 0.2) is 22.7 Å². The number of rotatable bonds is 4. The Morgan fingerprint density at radius 1 is 1.37 bits per heavy atom. The minimum absolute atomic E-state index is 0.280. The molecule has 19 heavy (non-hydrogen) atoms. The lowest BCUT2D eigenvalue weighted by Crippen LogP contribution is -2.05. The molecule has 2 aromatic rings. The highest BCUT2D eigenvalue weighted by Gasteiger charge is 2.16. The minimum Gasteiger partial charge on any atom is -0.383 e. The summed E-state index contributed by atoms with van der Waals surface area (Å²) < 4.78 is 15.8. The fourth-order valence-electron chi connectivity index (χ4n) is 2.16. The molecule has 5 heteroatoms. The zero-order chi connectivity index (χ0) is 14.0. The first-order chi connectivity index (χ1) is 9.08. The van der Waals surface area contributed by atoms with Gasteiger partial charge in [0.1, 0.15) is 23.2 Å². The number of nitrogens with two attached hydrogens (primary N) is 1. The Kier molecular flexibility index (Phi) is 4.24.